The Kier molecular flexibility index (Phi) is 3.55. The number of aryl methyl sites for hydroxylation is 1. The minimum atomic E-state index is -3.81. The minimum Gasteiger partial charge on any atom is -0.361 e. The first-order chi connectivity index (χ1) is 9.51. The average molecular weight is 300 g/mol. The lowest BCUT2D eigenvalue weighted by molar-refractivity contribution is -0.157. The zero-order valence-corrected chi connectivity index (χ0v) is 12.0. The molecule has 0 spiro atoms. The van der Waals surface area contributed by atoms with E-state index in [2.05, 4.69) is 0 Å². The molecule has 0 N–H and O–H groups in total. The maximum absolute atomic E-state index is 12.2. The first-order valence-electron chi connectivity index (χ1n) is 6.31. The van der Waals surface area contributed by atoms with Gasteiger partial charge in [0.2, 0.25) is 0 Å². The van der Waals surface area contributed by atoms with Crippen LogP contribution in [0.1, 0.15) is 5.56 Å². The maximum Gasteiger partial charge on any atom is 0.297 e. The van der Waals surface area contributed by atoms with Crippen LogP contribution in [0.15, 0.2) is 29.2 Å². The summed E-state index contributed by atoms with van der Waals surface area (Å²) in [5.41, 5.74) is 0.985. The predicted molar refractivity (Wildman–Crippen MR) is 68.6 cm³/mol. The van der Waals surface area contributed by atoms with Crippen molar-refractivity contribution in [2.45, 2.75) is 36.4 Å². The number of fused-ring (bicyclic) bond motifs is 1. The fraction of sp³-hybridized carbons (Fsp3) is 0.538. The number of benzene rings is 1. The molecule has 1 aromatic carbocycles. The molecule has 6 nitrogen and oxygen atoms in total. The molecule has 0 aliphatic carbocycles. The van der Waals surface area contributed by atoms with Crippen molar-refractivity contribution < 1.29 is 26.8 Å². The molecule has 0 aromatic heterocycles. The summed E-state index contributed by atoms with van der Waals surface area (Å²) in [6.07, 6.45) is -1.60. The van der Waals surface area contributed by atoms with Crippen LogP contribution in [-0.4, -0.2) is 46.7 Å². The second kappa shape index (κ2) is 5.09. The molecule has 0 bridgehead atoms. The molecule has 2 aliphatic heterocycles. The van der Waals surface area contributed by atoms with E-state index in [9.17, 15) is 8.42 Å². The molecule has 0 unspecified atom stereocenters. The van der Waals surface area contributed by atoms with Crippen LogP contribution >= 0.6 is 0 Å². The van der Waals surface area contributed by atoms with Gasteiger partial charge < -0.3 is 14.2 Å². The number of ether oxygens (including phenoxy) is 3. The van der Waals surface area contributed by atoms with Crippen LogP contribution < -0.4 is 0 Å². The van der Waals surface area contributed by atoms with Crippen LogP contribution in [0.2, 0.25) is 0 Å². The Labute approximate surface area is 117 Å². The summed E-state index contributed by atoms with van der Waals surface area (Å²) >= 11 is 0. The summed E-state index contributed by atoms with van der Waals surface area (Å²) < 4.78 is 45.3. The molecule has 2 fully saturated rings. The number of methoxy groups -OCH3 is 1. The third-order valence-corrected chi connectivity index (χ3v) is 4.76. The van der Waals surface area contributed by atoms with Crippen molar-refractivity contribution in [2.24, 2.45) is 0 Å². The van der Waals surface area contributed by atoms with Crippen molar-refractivity contribution >= 4 is 10.1 Å². The first kappa shape index (κ1) is 14.0. The normalized spacial score (nSPS) is 32.7. The van der Waals surface area contributed by atoms with E-state index in [0.29, 0.717) is 0 Å². The molecule has 0 saturated carbocycles. The second-order valence-electron chi connectivity index (χ2n) is 4.90. The van der Waals surface area contributed by atoms with Gasteiger partial charge in [-0.2, -0.15) is 8.42 Å². The van der Waals surface area contributed by atoms with Gasteiger partial charge in [-0.1, -0.05) is 17.7 Å². The van der Waals surface area contributed by atoms with Gasteiger partial charge in [-0.25, -0.2) is 0 Å². The van der Waals surface area contributed by atoms with Crippen molar-refractivity contribution in [3.8, 4) is 0 Å². The van der Waals surface area contributed by atoms with E-state index in [1.165, 1.54) is 19.2 Å². The number of epoxide rings is 1. The largest absolute Gasteiger partial charge is 0.361 e. The van der Waals surface area contributed by atoms with E-state index in [1.54, 1.807) is 12.1 Å². The van der Waals surface area contributed by atoms with Crippen LogP contribution in [0.5, 0.6) is 0 Å². The Balaban J connectivity index is 1.70. The van der Waals surface area contributed by atoms with Gasteiger partial charge in [0.25, 0.3) is 10.1 Å². The monoisotopic (exact) mass is 300 g/mol. The molecule has 110 valence electrons. The summed E-state index contributed by atoms with van der Waals surface area (Å²) in [5.74, 6) is 0. The van der Waals surface area contributed by atoms with E-state index >= 15 is 0 Å². The fourth-order valence-corrected chi connectivity index (χ4v) is 3.31. The van der Waals surface area contributed by atoms with E-state index in [1.807, 2.05) is 6.92 Å². The molecule has 3 rings (SSSR count). The molecule has 20 heavy (non-hydrogen) atoms. The highest BCUT2D eigenvalue weighted by Crippen LogP contribution is 2.37. The maximum atomic E-state index is 12.2. The minimum absolute atomic E-state index is 0.130. The van der Waals surface area contributed by atoms with Crippen LogP contribution in [0.4, 0.5) is 0 Å². The van der Waals surface area contributed by atoms with Gasteiger partial charge in [-0.05, 0) is 19.1 Å². The average Bonchev–Trinajstić information content (AvgIpc) is 3.20. The van der Waals surface area contributed by atoms with Gasteiger partial charge >= 0.3 is 0 Å². The third kappa shape index (κ3) is 2.59. The van der Waals surface area contributed by atoms with E-state index in [4.69, 9.17) is 18.4 Å². The number of hydrogen-bond acceptors (Lipinski definition) is 6. The molecular formula is C13H16O6S. The van der Waals surface area contributed by atoms with Gasteiger partial charge in [0.1, 0.15) is 18.3 Å². The Morgan fingerprint density at radius 2 is 1.90 bits per heavy atom. The van der Waals surface area contributed by atoms with Crippen molar-refractivity contribution in [1.82, 2.24) is 0 Å². The summed E-state index contributed by atoms with van der Waals surface area (Å²) in [7, 11) is -2.29. The summed E-state index contributed by atoms with van der Waals surface area (Å²) in [6.45, 7) is 2.02. The van der Waals surface area contributed by atoms with Crippen molar-refractivity contribution in [1.29, 1.82) is 0 Å². The molecule has 7 heteroatoms. The van der Waals surface area contributed by atoms with E-state index in [0.717, 1.165) is 5.56 Å². The van der Waals surface area contributed by atoms with Crippen LogP contribution in [0, 0.1) is 6.92 Å². The predicted octanol–water partition coefficient (Wildman–Crippen LogP) is 0.839. The van der Waals surface area contributed by atoms with Gasteiger partial charge in [0.05, 0.1) is 11.5 Å². The number of rotatable bonds is 4. The van der Waals surface area contributed by atoms with E-state index in [-0.39, 0.29) is 23.7 Å². The van der Waals surface area contributed by atoms with Crippen LogP contribution in [0.25, 0.3) is 0 Å². The molecule has 2 heterocycles. The second-order valence-corrected chi connectivity index (χ2v) is 6.48. The lowest BCUT2D eigenvalue weighted by Gasteiger charge is -2.23. The molecule has 2 aliphatic rings. The third-order valence-electron chi connectivity index (χ3n) is 3.41. The van der Waals surface area contributed by atoms with E-state index < -0.39 is 22.5 Å². The molecular weight excluding hydrogens is 284 g/mol. The molecule has 0 amide bonds. The SMILES string of the molecule is CO[C@@H]1OC[C@@H](OS(=O)(=O)c2ccc(C)cc2)[C@H]2O[C@@H]12. The highest BCUT2D eigenvalue weighted by atomic mass is 32.2. The van der Waals surface area contributed by atoms with Gasteiger partial charge in [0, 0.05) is 7.11 Å². The summed E-state index contributed by atoms with van der Waals surface area (Å²) in [5, 5.41) is 0. The zero-order valence-electron chi connectivity index (χ0n) is 11.2. The Bertz CT molecular complexity index is 581. The van der Waals surface area contributed by atoms with Crippen molar-refractivity contribution in [3.63, 3.8) is 0 Å². The van der Waals surface area contributed by atoms with Crippen LogP contribution in [0.3, 0.4) is 0 Å². The quantitative estimate of drug-likeness (QED) is 0.606. The summed E-state index contributed by atoms with van der Waals surface area (Å²) in [6, 6.07) is 6.51. The molecule has 0 radical (unpaired) electrons. The standard InChI is InChI=1S/C13H16O6S/c1-8-3-5-9(6-4-8)20(14,15)19-10-7-17-13(16-2)12-11(10)18-12/h3-6,10-13H,7H2,1-2H3/t10-,11-,12-,13-/m1/s1. The highest BCUT2D eigenvalue weighted by molar-refractivity contribution is 7.86. The Morgan fingerprint density at radius 3 is 2.55 bits per heavy atom. The van der Waals surface area contributed by atoms with Gasteiger partial charge in [-0.15, -0.1) is 0 Å². The lowest BCUT2D eigenvalue weighted by atomic mass is 10.1. The first-order valence-corrected chi connectivity index (χ1v) is 7.72. The van der Waals surface area contributed by atoms with Gasteiger partial charge in [0.15, 0.2) is 6.29 Å². The van der Waals surface area contributed by atoms with Crippen LogP contribution in [-0.2, 0) is 28.5 Å². The summed E-state index contributed by atoms with van der Waals surface area (Å²) in [4.78, 5) is 0.133. The Hall–Kier alpha value is -0.990. The molecule has 1 aromatic rings. The lowest BCUT2D eigenvalue weighted by Crippen LogP contribution is -2.40. The molecule has 4 atom stereocenters. The zero-order chi connectivity index (χ0) is 14.3. The van der Waals surface area contributed by atoms with Crippen molar-refractivity contribution in [2.75, 3.05) is 13.7 Å². The van der Waals surface area contributed by atoms with Crippen molar-refractivity contribution in [3.05, 3.63) is 29.8 Å². The Morgan fingerprint density at radius 1 is 1.20 bits per heavy atom. The molecule has 2 saturated heterocycles. The van der Waals surface area contributed by atoms with Gasteiger partial charge in [-0.3, -0.25) is 4.18 Å². The topological polar surface area (TPSA) is 74.4 Å². The fourth-order valence-electron chi connectivity index (χ4n) is 2.24. The highest BCUT2D eigenvalue weighted by Gasteiger charge is 2.56. The smallest absolute Gasteiger partial charge is 0.297 e. The number of hydrogen-bond donors (Lipinski definition) is 0.